The third kappa shape index (κ3) is 3.91. The minimum atomic E-state index is -0.325. The van der Waals surface area contributed by atoms with Crippen molar-refractivity contribution in [3.8, 4) is 0 Å². The fourth-order valence-corrected chi connectivity index (χ4v) is 2.83. The Bertz CT molecular complexity index is 425. The molecular weight excluding hydrogens is 263 g/mol. The third-order valence-corrected chi connectivity index (χ3v) is 4.02. The fraction of sp³-hybridized carbons (Fsp3) is 0.600. The Morgan fingerprint density at radius 2 is 2.26 bits per heavy atom. The Labute approximate surface area is 119 Å². The van der Waals surface area contributed by atoms with Gasteiger partial charge in [0.2, 0.25) is 0 Å². The second-order valence-electron chi connectivity index (χ2n) is 5.43. The van der Waals surface area contributed by atoms with Crippen molar-refractivity contribution in [2.45, 2.75) is 45.3 Å². The van der Waals surface area contributed by atoms with Crippen molar-refractivity contribution in [1.82, 2.24) is 10.2 Å². The van der Waals surface area contributed by atoms with Gasteiger partial charge >= 0.3 is 0 Å². The van der Waals surface area contributed by atoms with Gasteiger partial charge in [0.15, 0.2) is 0 Å². The molecule has 1 saturated heterocycles. The molecule has 0 saturated carbocycles. The zero-order valence-corrected chi connectivity index (χ0v) is 12.4. The van der Waals surface area contributed by atoms with E-state index in [1.165, 1.54) is 12.8 Å². The number of nitrogens with one attached hydrogen (secondary N) is 1. The molecule has 0 spiro atoms. The summed E-state index contributed by atoms with van der Waals surface area (Å²) in [6, 6.07) is 6.15. The van der Waals surface area contributed by atoms with Crippen molar-refractivity contribution in [2.24, 2.45) is 0 Å². The summed E-state index contributed by atoms with van der Waals surface area (Å²) < 4.78 is 13.5. The zero-order chi connectivity index (χ0) is 13.8. The van der Waals surface area contributed by atoms with Gasteiger partial charge in [0.1, 0.15) is 5.82 Å². The van der Waals surface area contributed by atoms with E-state index < -0.39 is 0 Å². The molecule has 2 nitrogen and oxygen atoms in total. The van der Waals surface area contributed by atoms with Gasteiger partial charge in [0.25, 0.3) is 0 Å². The summed E-state index contributed by atoms with van der Waals surface area (Å²) in [6.07, 6.45) is 2.35. The smallest absolute Gasteiger partial charge is 0.142 e. The Kier molecular flexibility index (Phi) is 5.20. The summed E-state index contributed by atoms with van der Waals surface area (Å²) in [5, 5.41) is 3.71. The van der Waals surface area contributed by atoms with E-state index in [9.17, 15) is 4.39 Å². The standard InChI is InChI=1S/C15H22ClFN2/c1-3-4-13-8-18-11(2)9-19(13)10-12-5-6-14(16)15(17)7-12/h5-7,11,13,18H,3-4,8-10H2,1-2H3. The highest BCUT2D eigenvalue weighted by Crippen LogP contribution is 2.20. The van der Waals surface area contributed by atoms with Gasteiger partial charge in [0.05, 0.1) is 5.02 Å². The number of halogens is 2. The maximum Gasteiger partial charge on any atom is 0.142 e. The van der Waals surface area contributed by atoms with Crippen molar-refractivity contribution in [3.05, 3.63) is 34.6 Å². The van der Waals surface area contributed by atoms with Gasteiger partial charge < -0.3 is 5.32 Å². The molecule has 0 bridgehead atoms. The molecule has 0 aromatic heterocycles. The Hall–Kier alpha value is -0.640. The molecular formula is C15H22ClFN2. The first-order chi connectivity index (χ1) is 9.10. The van der Waals surface area contributed by atoms with E-state index in [1.807, 2.05) is 6.07 Å². The first kappa shape index (κ1) is 14.8. The molecule has 19 heavy (non-hydrogen) atoms. The topological polar surface area (TPSA) is 15.3 Å². The summed E-state index contributed by atoms with van der Waals surface area (Å²) in [7, 11) is 0. The molecule has 1 aromatic rings. The minimum absolute atomic E-state index is 0.197. The van der Waals surface area contributed by atoms with Gasteiger partial charge in [-0.3, -0.25) is 4.90 Å². The quantitative estimate of drug-likeness (QED) is 0.911. The third-order valence-electron chi connectivity index (χ3n) is 3.72. The Morgan fingerprint density at radius 1 is 1.47 bits per heavy atom. The summed E-state index contributed by atoms with van der Waals surface area (Å²) in [5.41, 5.74) is 0.997. The second kappa shape index (κ2) is 6.69. The molecule has 0 amide bonds. The lowest BCUT2D eigenvalue weighted by Crippen LogP contribution is -2.54. The van der Waals surface area contributed by atoms with Gasteiger partial charge in [-0.05, 0) is 31.0 Å². The average Bonchev–Trinajstić information content (AvgIpc) is 2.37. The molecule has 1 fully saturated rings. The monoisotopic (exact) mass is 284 g/mol. The Morgan fingerprint density at radius 3 is 2.95 bits per heavy atom. The minimum Gasteiger partial charge on any atom is -0.311 e. The summed E-state index contributed by atoms with van der Waals surface area (Å²) in [5.74, 6) is -0.325. The summed E-state index contributed by atoms with van der Waals surface area (Å²) in [6.45, 7) is 7.22. The van der Waals surface area contributed by atoms with Crippen molar-refractivity contribution in [3.63, 3.8) is 0 Å². The molecule has 1 aromatic carbocycles. The van der Waals surface area contributed by atoms with Crippen LogP contribution in [0.4, 0.5) is 4.39 Å². The lowest BCUT2D eigenvalue weighted by Gasteiger charge is -2.39. The lowest BCUT2D eigenvalue weighted by atomic mass is 10.0. The number of hydrogen-bond donors (Lipinski definition) is 1. The van der Waals surface area contributed by atoms with Crippen molar-refractivity contribution < 1.29 is 4.39 Å². The van der Waals surface area contributed by atoms with Crippen LogP contribution in [0.3, 0.4) is 0 Å². The highest BCUT2D eigenvalue weighted by atomic mass is 35.5. The predicted octanol–water partition coefficient (Wildman–Crippen LogP) is 3.44. The summed E-state index contributed by atoms with van der Waals surface area (Å²) >= 11 is 5.73. The molecule has 1 N–H and O–H groups in total. The van der Waals surface area contributed by atoms with Crippen molar-refractivity contribution in [1.29, 1.82) is 0 Å². The SMILES string of the molecule is CCCC1CNC(C)CN1Cc1ccc(Cl)c(F)c1. The van der Waals surface area contributed by atoms with Crippen LogP contribution in [0, 0.1) is 5.82 Å². The Balaban J connectivity index is 2.07. The van der Waals surface area contributed by atoms with Crippen LogP contribution in [0.25, 0.3) is 0 Å². The van der Waals surface area contributed by atoms with E-state index in [1.54, 1.807) is 12.1 Å². The van der Waals surface area contributed by atoms with Crippen molar-refractivity contribution >= 4 is 11.6 Å². The molecule has 2 rings (SSSR count). The van der Waals surface area contributed by atoms with Crippen molar-refractivity contribution in [2.75, 3.05) is 13.1 Å². The highest BCUT2D eigenvalue weighted by molar-refractivity contribution is 6.30. The van der Waals surface area contributed by atoms with Crippen LogP contribution in [0.2, 0.25) is 5.02 Å². The normalized spacial score (nSPS) is 24.6. The van der Waals surface area contributed by atoms with Crippen LogP contribution in [-0.2, 0) is 6.54 Å². The number of nitrogens with zero attached hydrogens (tertiary/aromatic N) is 1. The highest BCUT2D eigenvalue weighted by Gasteiger charge is 2.25. The fourth-order valence-electron chi connectivity index (χ4n) is 2.72. The average molecular weight is 285 g/mol. The first-order valence-corrected chi connectivity index (χ1v) is 7.39. The number of hydrogen-bond acceptors (Lipinski definition) is 2. The maximum absolute atomic E-state index is 13.5. The van der Waals surface area contributed by atoms with Crippen LogP contribution in [0.1, 0.15) is 32.3 Å². The predicted molar refractivity (Wildman–Crippen MR) is 78.0 cm³/mol. The first-order valence-electron chi connectivity index (χ1n) is 7.01. The second-order valence-corrected chi connectivity index (χ2v) is 5.84. The van der Waals surface area contributed by atoms with Gasteiger partial charge in [0, 0.05) is 31.7 Å². The van der Waals surface area contributed by atoms with Crippen LogP contribution in [0.15, 0.2) is 18.2 Å². The van der Waals surface area contributed by atoms with Gasteiger partial charge in [-0.25, -0.2) is 4.39 Å². The molecule has 0 radical (unpaired) electrons. The molecule has 0 aliphatic carbocycles. The van der Waals surface area contributed by atoms with E-state index in [2.05, 4.69) is 24.1 Å². The molecule has 4 heteroatoms. The lowest BCUT2D eigenvalue weighted by molar-refractivity contribution is 0.120. The van der Waals surface area contributed by atoms with E-state index in [4.69, 9.17) is 11.6 Å². The zero-order valence-electron chi connectivity index (χ0n) is 11.6. The molecule has 1 aliphatic rings. The van der Waals surface area contributed by atoms with Crippen LogP contribution < -0.4 is 5.32 Å². The van der Waals surface area contributed by atoms with Crippen LogP contribution in [0.5, 0.6) is 0 Å². The largest absolute Gasteiger partial charge is 0.311 e. The molecule has 2 unspecified atom stereocenters. The number of rotatable bonds is 4. The van der Waals surface area contributed by atoms with E-state index >= 15 is 0 Å². The van der Waals surface area contributed by atoms with Gasteiger partial charge in [-0.15, -0.1) is 0 Å². The van der Waals surface area contributed by atoms with E-state index in [-0.39, 0.29) is 10.8 Å². The maximum atomic E-state index is 13.5. The molecule has 1 aliphatic heterocycles. The van der Waals surface area contributed by atoms with Crippen LogP contribution >= 0.6 is 11.6 Å². The van der Waals surface area contributed by atoms with Gasteiger partial charge in [-0.1, -0.05) is 31.0 Å². The van der Waals surface area contributed by atoms with E-state index in [0.29, 0.717) is 12.1 Å². The molecule has 106 valence electrons. The number of piperazine rings is 1. The van der Waals surface area contributed by atoms with E-state index in [0.717, 1.165) is 25.2 Å². The van der Waals surface area contributed by atoms with Gasteiger partial charge in [-0.2, -0.15) is 0 Å². The summed E-state index contributed by atoms with van der Waals surface area (Å²) in [4.78, 5) is 2.45. The number of benzene rings is 1. The molecule has 1 heterocycles. The van der Waals surface area contributed by atoms with Crippen LogP contribution in [-0.4, -0.2) is 30.1 Å². The molecule has 2 atom stereocenters.